The van der Waals surface area contributed by atoms with Crippen molar-refractivity contribution < 1.29 is 9.32 Å². The highest BCUT2D eigenvalue weighted by Gasteiger charge is 2.13. The fraction of sp³-hybridized carbons (Fsp3) is 0.333. The standard InChI is InChI=1S/C9H10N4O2S/c1-3-7-11-12-9(16-7)10-8(14)6-4-5(2)15-13-6/h4H,3H2,1-2H3,(H,10,12,14). The van der Waals surface area contributed by atoms with Crippen molar-refractivity contribution in [1.29, 1.82) is 0 Å². The fourth-order valence-corrected chi connectivity index (χ4v) is 1.76. The number of hydrogen-bond acceptors (Lipinski definition) is 6. The van der Waals surface area contributed by atoms with E-state index in [1.54, 1.807) is 13.0 Å². The average molecular weight is 238 g/mol. The van der Waals surface area contributed by atoms with Crippen LogP contribution in [-0.4, -0.2) is 21.3 Å². The van der Waals surface area contributed by atoms with Gasteiger partial charge in [0.05, 0.1) is 0 Å². The molecule has 2 aromatic heterocycles. The maximum Gasteiger partial charge on any atom is 0.279 e. The molecule has 2 heterocycles. The van der Waals surface area contributed by atoms with Gasteiger partial charge in [-0.25, -0.2) is 0 Å². The molecule has 1 N–H and O–H groups in total. The minimum atomic E-state index is -0.337. The third-order valence-electron chi connectivity index (χ3n) is 1.85. The normalized spacial score (nSPS) is 10.4. The van der Waals surface area contributed by atoms with E-state index in [1.807, 2.05) is 6.92 Å². The summed E-state index contributed by atoms with van der Waals surface area (Å²) in [5.41, 5.74) is 0.241. The number of nitrogens with zero attached hydrogens (tertiary/aromatic N) is 3. The molecule has 6 nitrogen and oxygen atoms in total. The van der Waals surface area contributed by atoms with Crippen molar-refractivity contribution in [1.82, 2.24) is 15.4 Å². The van der Waals surface area contributed by atoms with Crippen molar-refractivity contribution >= 4 is 22.4 Å². The first-order valence-electron chi connectivity index (χ1n) is 4.76. The molecule has 0 unspecified atom stereocenters. The third-order valence-corrected chi connectivity index (χ3v) is 2.83. The van der Waals surface area contributed by atoms with E-state index in [0.29, 0.717) is 10.9 Å². The van der Waals surface area contributed by atoms with Gasteiger partial charge in [0.25, 0.3) is 5.91 Å². The lowest BCUT2D eigenvalue weighted by molar-refractivity contribution is 0.101. The molecule has 16 heavy (non-hydrogen) atoms. The van der Waals surface area contributed by atoms with Crippen LogP contribution in [0.5, 0.6) is 0 Å². The summed E-state index contributed by atoms with van der Waals surface area (Å²) < 4.78 is 4.81. The number of carbonyl (C=O) groups excluding carboxylic acids is 1. The van der Waals surface area contributed by atoms with E-state index in [1.165, 1.54) is 11.3 Å². The van der Waals surface area contributed by atoms with E-state index in [9.17, 15) is 4.79 Å². The van der Waals surface area contributed by atoms with Crippen LogP contribution in [0, 0.1) is 6.92 Å². The lowest BCUT2D eigenvalue weighted by Crippen LogP contribution is -2.11. The molecule has 0 aliphatic carbocycles. The highest BCUT2D eigenvalue weighted by molar-refractivity contribution is 7.15. The van der Waals surface area contributed by atoms with Crippen LogP contribution in [0.4, 0.5) is 5.13 Å². The summed E-state index contributed by atoms with van der Waals surface area (Å²) in [6.45, 7) is 3.71. The summed E-state index contributed by atoms with van der Waals surface area (Å²) >= 11 is 1.35. The van der Waals surface area contributed by atoms with Crippen LogP contribution >= 0.6 is 11.3 Å². The Morgan fingerprint density at radius 2 is 2.38 bits per heavy atom. The summed E-state index contributed by atoms with van der Waals surface area (Å²) in [6.07, 6.45) is 0.802. The van der Waals surface area contributed by atoms with Gasteiger partial charge in [0, 0.05) is 6.07 Å². The molecule has 84 valence electrons. The second-order valence-corrected chi connectivity index (χ2v) is 4.19. The lowest BCUT2D eigenvalue weighted by atomic mass is 10.4. The minimum Gasteiger partial charge on any atom is -0.361 e. The average Bonchev–Trinajstić information content (AvgIpc) is 2.87. The second kappa shape index (κ2) is 4.40. The predicted octanol–water partition coefficient (Wildman–Crippen LogP) is 1.65. The molecular weight excluding hydrogens is 228 g/mol. The third kappa shape index (κ3) is 2.25. The molecule has 0 aliphatic heterocycles. The largest absolute Gasteiger partial charge is 0.361 e. The van der Waals surface area contributed by atoms with Crippen LogP contribution < -0.4 is 5.32 Å². The van der Waals surface area contributed by atoms with Crippen molar-refractivity contribution in [2.24, 2.45) is 0 Å². The second-order valence-electron chi connectivity index (χ2n) is 3.13. The van der Waals surface area contributed by atoms with Gasteiger partial charge in [0.15, 0.2) is 5.69 Å². The number of carbonyl (C=O) groups is 1. The van der Waals surface area contributed by atoms with E-state index >= 15 is 0 Å². The molecule has 0 fully saturated rings. The highest BCUT2D eigenvalue weighted by atomic mass is 32.1. The Labute approximate surface area is 95.7 Å². The number of nitrogens with one attached hydrogen (secondary N) is 1. The van der Waals surface area contributed by atoms with E-state index in [-0.39, 0.29) is 11.6 Å². The van der Waals surface area contributed by atoms with Crippen molar-refractivity contribution in [3.05, 3.63) is 22.5 Å². The zero-order valence-corrected chi connectivity index (χ0v) is 9.67. The first kappa shape index (κ1) is 10.7. The van der Waals surface area contributed by atoms with Gasteiger partial charge in [-0.2, -0.15) is 0 Å². The molecule has 0 saturated carbocycles. The number of amides is 1. The first-order chi connectivity index (χ1) is 7.69. The number of rotatable bonds is 3. The van der Waals surface area contributed by atoms with Crippen molar-refractivity contribution in [2.45, 2.75) is 20.3 Å². The molecule has 0 radical (unpaired) electrons. The summed E-state index contributed by atoms with van der Waals surface area (Å²) in [5, 5.41) is 15.3. The van der Waals surface area contributed by atoms with Crippen LogP contribution in [0.3, 0.4) is 0 Å². The molecule has 2 rings (SSSR count). The van der Waals surface area contributed by atoms with E-state index < -0.39 is 0 Å². The highest BCUT2D eigenvalue weighted by Crippen LogP contribution is 2.16. The van der Waals surface area contributed by atoms with E-state index in [0.717, 1.165) is 11.4 Å². The van der Waals surface area contributed by atoms with Gasteiger partial charge in [-0.05, 0) is 13.3 Å². The first-order valence-corrected chi connectivity index (χ1v) is 5.57. The predicted molar refractivity (Wildman–Crippen MR) is 58.5 cm³/mol. The lowest BCUT2D eigenvalue weighted by Gasteiger charge is -1.94. The van der Waals surface area contributed by atoms with E-state index in [2.05, 4.69) is 20.7 Å². The zero-order valence-electron chi connectivity index (χ0n) is 8.85. The van der Waals surface area contributed by atoms with Crippen LogP contribution in [-0.2, 0) is 6.42 Å². The Bertz CT molecular complexity index is 505. The van der Waals surface area contributed by atoms with Crippen molar-refractivity contribution in [2.75, 3.05) is 5.32 Å². The summed E-state index contributed by atoms with van der Waals surface area (Å²) in [4.78, 5) is 11.6. The van der Waals surface area contributed by atoms with Gasteiger partial charge in [0.1, 0.15) is 10.8 Å². The maximum absolute atomic E-state index is 11.6. The minimum absolute atomic E-state index is 0.241. The Hall–Kier alpha value is -1.76. The summed E-state index contributed by atoms with van der Waals surface area (Å²) in [5.74, 6) is 0.257. The fourth-order valence-electron chi connectivity index (χ4n) is 1.08. The Kier molecular flexibility index (Phi) is 2.95. The van der Waals surface area contributed by atoms with Crippen LogP contribution in [0.25, 0.3) is 0 Å². The van der Waals surface area contributed by atoms with Gasteiger partial charge in [-0.3, -0.25) is 10.1 Å². The molecule has 0 atom stereocenters. The molecule has 2 aromatic rings. The molecule has 0 bridgehead atoms. The SMILES string of the molecule is CCc1nnc(NC(=O)c2cc(C)on2)s1. The monoisotopic (exact) mass is 238 g/mol. The Balaban J connectivity index is 2.07. The van der Waals surface area contributed by atoms with Gasteiger partial charge < -0.3 is 4.52 Å². The number of hydrogen-bond donors (Lipinski definition) is 1. The Morgan fingerprint density at radius 1 is 1.56 bits per heavy atom. The molecule has 0 spiro atoms. The van der Waals surface area contributed by atoms with Crippen LogP contribution in [0.2, 0.25) is 0 Å². The van der Waals surface area contributed by atoms with Crippen LogP contribution in [0.15, 0.2) is 10.6 Å². The van der Waals surface area contributed by atoms with Crippen molar-refractivity contribution in [3.8, 4) is 0 Å². The molecule has 1 amide bonds. The number of aryl methyl sites for hydroxylation is 2. The maximum atomic E-state index is 11.6. The molecule has 0 aromatic carbocycles. The van der Waals surface area contributed by atoms with E-state index in [4.69, 9.17) is 4.52 Å². The van der Waals surface area contributed by atoms with Crippen LogP contribution in [0.1, 0.15) is 28.2 Å². The molecular formula is C9H10N4O2S. The zero-order chi connectivity index (χ0) is 11.5. The molecule has 0 aliphatic rings. The Morgan fingerprint density at radius 3 is 2.94 bits per heavy atom. The summed E-state index contributed by atoms with van der Waals surface area (Å²) in [6, 6.07) is 1.57. The topological polar surface area (TPSA) is 80.9 Å². The van der Waals surface area contributed by atoms with Gasteiger partial charge in [0.2, 0.25) is 5.13 Å². The quantitative estimate of drug-likeness (QED) is 0.879. The molecule has 7 heteroatoms. The number of anilines is 1. The van der Waals surface area contributed by atoms with Gasteiger partial charge in [-0.1, -0.05) is 23.4 Å². The smallest absolute Gasteiger partial charge is 0.279 e. The number of aromatic nitrogens is 3. The summed E-state index contributed by atoms with van der Waals surface area (Å²) in [7, 11) is 0. The van der Waals surface area contributed by atoms with Gasteiger partial charge in [-0.15, -0.1) is 10.2 Å². The van der Waals surface area contributed by atoms with Gasteiger partial charge >= 0.3 is 0 Å². The van der Waals surface area contributed by atoms with Crippen molar-refractivity contribution in [3.63, 3.8) is 0 Å². The molecule has 0 saturated heterocycles.